The van der Waals surface area contributed by atoms with E-state index < -0.39 is 0 Å². The lowest BCUT2D eigenvalue weighted by molar-refractivity contribution is 0.601. The lowest BCUT2D eigenvalue weighted by Gasteiger charge is -2.28. The summed E-state index contributed by atoms with van der Waals surface area (Å²) < 4.78 is 0. The van der Waals surface area contributed by atoms with Gasteiger partial charge in [-0.3, -0.25) is 0 Å². The molecule has 0 nitrogen and oxygen atoms in total. The van der Waals surface area contributed by atoms with Crippen LogP contribution < -0.4 is 0 Å². The van der Waals surface area contributed by atoms with Crippen LogP contribution in [-0.4, -0.2) is 0 Å². The van der Waals surface area contributed by atoms with E-state index in [1.165, 1.54) is 22.3 Å². The summed E-state index contributed by atoms with van der Waals surface area (Å²) in [6, 6.07) is 17.6. The van der Waals surface area contributed by atoms with Crippen LogP contribution in [0.25, 0.3) is 11.1 Å². The van der Waals surface area contributed by atoms with Crippen LogP contribution in [0.4, 0.5) is 0 Å². The fourth-order valence-electron chi connectivity index (χ4n) is 3.51. The minimum absolute atomic E-state index is 0.0100. The standard InChI is InChI=1S/C20H20/c1-3-5-15-20(14-4-2)18-12-8-6-10-16(18)17-11-7-9-13-19(17)20/h3-4,6-14H,1,5,15H2,2H3/b14-4-. The maximum atomic E-state index is 3.90. The van der Waals surface area contributed by atoms with Gasteiger partial charge in [0, 0.05) is 5.41 Å². The molecule has 1 aliphatic rings. The van der Waals surface area contributed by atoms with E-state index in [1.807, 2.05) is 6.08 Å². The Labute approximate surface area is 121 Å². The van der Waals surface area contributed by atoms with E-state index in [4.69, 9.17) is 0 Å². The maximum Gasteiger partial charge on any atom is 0.0397 e. The van der Waals surface area contributed by atoms with Gasteiger partial charge in [-0.05, 0) is 42.0 Å². The molecule has 0 unspecified atom stereocenters. The molecule has 0 N–H and O–H groups in total. The van der Waals surface area contributed by atoms with Crippen molar-refractivity contribution in [2.75, 3.05) is 0 Å². The van der Waals surface area contributed by atoms with E-state index in [1.54, 1.807) is 0 Å². The van der Waals surface area contributed by atoms with Crippen LogP contribution in [0.5, 0.6) is 0 Å². The predicted octanol–water partition coefficient (Wildman–Crippen LogP) is 5.50. The molecule has 100 valence electrons. The molecule has 0 amide bonds. The van der Waals surface area contributed by atoms with Crippen molar-refractivity contribution < 1.29 is 0 Å². The molecule has 0 spiro atoms. The average molecular weight is 260 g/mol. The van der Waals surface area contributed by atoms with Gasteiger partial charge in [0.25, 0.3) is 0 Å². The summed E-state index contributed by atoms with van der Waals surface area (Å²) in [6.45, 7) is 6.01. The molecule has 3 rings (SSSR count). The van der Waals surface area contributed by atoms with Gasteiger partial charge in [-0.1, -0.05) is 66.8 Å². The lowest BCUT2D eigenvalue weighted by atomic mass is 9.74. The Kier molecular flexibility index (Phi) is 3.31. The van der Waals surface area contributed by atoms with Crippen LogP contribution in [-0.2, 0) is 5.41 Å². The molecule has 0 radical (unpaired) electrons. The highest BCUT2D eigenvalue weighted by atomic mass is 14.4. The fraction of sp³-hybridized carbons (Fsp3) is 0.200. The van der Waals surface area contributed by atoms with Gasteiger partial charge < -0.3 is 0 Å². The zero-order valence-corrected chi connectivity index (χ0v) is 12.0. The topological polar surface area (TPSA) is 0 Å². The Morgan fingerprint density at radius 3 is 2.00 bits per heavy atom. The number of hydrogen-bond acceptors (Lipinski definition) is 0. The van der Waals surface area contributed by atoms with Gasteiger partial charge in [0.05, 0.1) is 0 Å². The van der Waals surface area contributed by atoms with Crippen molar-refractivity contribution in [3.05, 3.63) is 84.5 Å². The fourth-order valence-corrected chi connectivity index (χ4v) is 3.51. The van der Waals surface area contributed by atoms with Crippen LogP contribution in [0.2, 0.25) is 0 Å². The molecule has 0 heterocycles. The van der Waals surface area contributed by atoms with Crippen molar-refractivity contribution in [1.82, 2.24) is 0 Å². The molecular weight excluding hydrogens is 240 g/mol. The Morgan fingerprint density at radius 1 is 0.950 bits per heavy atom. The largest absolute Gasteiger partial charge is 0.103 e. The van der Waals surface area contributed by atoms with Gasteiger partial charge >= 0.3 is 0 Å². The highest BCUT2D eigenvalue weighted by Crippen LogP contribution is 2.52. The number of hydrogen-bond donors (Lipinski definition) is 0. The Morgan fingerprint density at radius 2 is 1.50 bits per heavy atom. The van der Waals surface area contributed by atoms with E-state index in [0.29, 0.717) is 0 Å². The van der Waals surface area contributed by atoms with Crippen molar-refractivity contribution in [3.63, 3.8) is 0 Å². The molecule has 0 aliphatic heterocycles. The van der Waals surface area contributed by atoms with Gasteiger partial charge in [-0.2, -0.15) is 0 Å². The second kappa shape index (κ2) is 5.13. The van der Waals surface area contributed by atoms with Gasteiger partial charge in [0.15, 0.2) is 0 Å². The second-order valence-electron chi connectivity index (χ2n) is 5.39. The lowest BCUT2D eigenvalue weighted by Crippen LogP contribution is -2.22. The van der Waals surface area contributed by atoms with Crippen LogP contribution in [0, 0.1) is 0 Å². The Balaban J connectivity index is 2.30. The monoisotopic (exact) mass is 260 g/mol. The highest BCUT2D eigenvalue weighted by molar-refractivity contribution is 5.82. The van der Waals surface area contributed by atoms with E-state index in [9.17, 15) is 0 Å². The Hall–Kier alpha value is -2.08. The van der Waals surface area contributed by atoms with E-state index in [0.717, 1.165) is 12.8 Å². The number of benzene rings is 2. The van der Waals surface area contributed by atoms with Gasteiger partial charge in [0.1, 0.15) is 0 Å². The normalized spacial score (nSPS) is 15.1. The summed E-state index contributed by atoms with van der Waals surface area (Å²) in [5.41, 5.74) is 5.63. The van der Waals surface area contributed by atoms with Crippen molar-refractivity contribution in [3.8, 4) is 11.1 Å². The molecule has 2 aromatic carbocycles. The molecule has 20 heavy (non-hydrogen) atoms. The summed E-state index contributed by atoms with van der Waals surface area (Å²) >= 11 is 0. The molecule has 0 saturated carbocycles. The van der Waals surface area contributed by atoms with Crippen LogP contribution in [0.1, 0.15) is 30.9 Å². The highest BCUT2D eigenvalue weighted by Gasteiger charge is 2.39. The van der Waals surface area contributed by atoms with Gasteiger partial charge in [0.2, 0.25) is 0 Å². The van der Waals surface area contributed by atoms with Gasteiger partial charge in [-0.15, -0.1) is 6.58 Å². The van der Waals surface area contributed by atoms with Crippen LogP contribution >= 0.6 is 0 Å². The van der Waals surface area contributed by atoms with Crippen molar-refractivity contribution >= 4 is 0 Å². The number of allylic oxidation sites excluding steroid dienone is 3. The van der Waals surface area contributed by atoms with E-state index in [-0.39, 0.29) is 5.41 Å². The molecule has 1 aliphatic carbocycles. The van der Waals surface area contributed by atoms with Crippen molar-refractivity contribution in [1.29, 1.82) is 0 Å². The molecule has 0 aromatic heterocycles. The third kappa shape index (κ3) is 1.76. The SMILES string of the molecule is C=CCCC1(/C=C\C)c2ccccc2-c2ccccc21. The smallest absolute Gasteiger partial charge is 0.0397 e. The summed E-state index contributed by atoms with van der Waals surface area (Å²) in [7, 11) is 0. The molecule has 2 aromatic rings. The molecule has 0 heteroatoms. The first-order chi connectivity index (χ1) is 9.83. The molecule has 0 saturated heterocycles. The summed E-state index contributed by atoms with van der Waals surface area (Å²) in [6.07, 6.45) is 8.67. The third-order valence-electron chi connectivity index (χ3n) is 4.30. The van der Waals surface area contributed by atoms with Crippen LogP contribution in [0.3, 0.4) is 0 Å². The first kappa shape index (κ1) is 12.9. The van der Waals surface area contributed by atoms with Gasteiger partial charge in [-0.25, -0.2) is 0 Å². The van der Waals surface area contributed by atoms with E-state index in [2.05, 4.69) is 74.2 Å². The molecular formula is C20H20. The third-order valence-corrected chi connectivity index (χ3v) is 4.30. The maximum absolute atomic E-state index is 3.90. The number of rotatable bonds is 4. The zero-order chi connectivity index (χ0) is 14.0. The molecule has 0 atom stereocenters. The number of fused-ring (bicyclic) bond motifs is 3. The summed E-state index contributed by atoms with van der Waals surface area (Å²) in [5.74, 6) is 0. The average Bonchev–Trinajstić information content (AvgIpc) is 2.78. The Bertz CT molecular complexity index is 616. The van der Waals surface area contributed by atoms with E-state index >= 15 is 0 Å². The summed E-state index contributed by atoms with van der Waals surface area (Å²) in [5, 5.41) is 0. The minimum Gasteiger partial charge on any atom is -0.103 e. The first-order valence-corrected chi connectivity index (χ1v) is 7.27. The van der Waals surface area contributed by atoms with Crippen LogP contribution in [0.15, 0.2) is 73.3 Å². The zero-order valence-electron chi connectivity index (χ0n) is 12.0. The first-order valence-electron chi connectivity index (χ1n) is 7.27. The summed E-state index contributed by atoms with van der Waals surface area (Å²) in [4.78, 5) is 0. The minimum atomic E-state index is 0.0100. The quantitative estimate of drug-likeness (QED) is 0.637. The molecule has 0 fully saturated rings. The van der Waals surface area contributed by atoms with Crippen molar-refractivity contribution in [2.24, 2.45) is 0 Å². The second-order valence-corrected chi connectivity index (χ2v) is 5.39. The van der Waals surface area contributed by atoms with Crippen molar-refractivity contribution in [2.45, 2.75) is 25.2 Å². The predicted molar refractivity (Wildman–Crippen MR) is 86.9 cm³/mol. The molecule has 0 bridgehead atoms.